The first-order valence-electron chi connectivity index (χ1n) is 2.86. The maximum Gasteiger partial charge on any atom is 0.340 e. The Hall–Kier alpha value is 0.450. The van der Waals surface area contributed by atoms with Gasteiger partial charge < -0.3 is 9.79 Å². The summed E-state index contributed by atoms with van der Waals surface area (Å²) in [5.41, 5.74) is 0. The van der Waals surface area contributed by atoms with Gasteiger partial charge in [0.15, 0.2) is 0 Å². The molecule has 3 nitrogen and oxygen atoms in total. The Morgan fingerprint density at radius 1 is 1.56 bits per heavy atom. The van der Waals surface area contributed by atoms with Gasteiger partial charge in [0.05, 0.1) is 0 Å². The molecule has 5 heteroatoms. The molecule has 2 N–H and O–H groups in total. The van der Waals surface area contributed by atoms with Crippen LogP contribution >= 0.6 is 14.5 Å². The topological polar surface area (TPSA) is 57.5 Å². The Bertz CT molecular complexity index is 180. The van der Waals surface area contributed by atoms with Gasteiger partial charge in [-0.3, -0.25) is 4.57 Å². The van der Waals surface area contributed by atoms with E-state index >= 15 is 0 Å². The fourth-order valence-electron chi connectivity index (χ4n) is 0.918. The van der Waals surface area contributed by atoms with Crippen molar-refractivity contribution >= 4 is 20.3 Å². The van der Waals surface area contributed by atoms with Gasteiger partial charge in [-0.25, -0.2) is 0 Å². The minimum Gasteiger partial charge on any atom is -0.322 e. The molecule has 1 atom stereocenters. The van der Waals surface area contributed by atoms with E-state index in [1.54, 1.807) is 0 Å². The van der Waals surface area contributed by atoms with Gasteiger partial charge in [-0.05, 0) is 26.2 Å². The third-order valence-corrected chi connectivity index (χ3v) is 7.23. The van der Waals surface area contributed by atoms with Gasteiger partial charge in [0.1, 0.15) is 0 Å². The molecular formula is C4H10O3P2. The molecule has 0 bridgehead atoms. The SMILES string of the molecule is O=P(O)(O)[PH]1=CCCC1. The van der Waals surface area contributed by atoms with Crippen LogP contribution in [-0.4, -0.2) is 21.7 Å². The minimum absolute atomic E-state index is 0.759. The van der Waals surface area contributed by atoms with Crippen molar-refractivity contribution in [2.75, 3.05) is 6.16 Å². The zero-order valence-corrected chi connectivity index (χ0v) is 6.84. The average molecular weight is 168 g/mol. The Morgan fingerprint density at radius 2 is 2.22 bits per heavy atom. The van der Waals surface area contributed by atoms with E-state index in [-0.39, 0.29) is 0 Å². The lowest BCUT2D eigenvalue weighted by molar-refractivity contribution is 0.396. The Kier molecular flexibility index (Phi) is 2.18. The standard InChI is InChI=1S/C4H10O3P2/c5-9(6,7)8-3-1-2-4-8/h3,8H,1-2,4H2,(H2,5,6,7). The van der Waals surface area contributed by atoms with Crippen molar-refractivity contribution in [1.29, 1.82) is 0 Å². The van der Waals surface area contributed by atoms with Crippen LogP contribution in [-0.2, 0) is 4.57 Å². The maximum atomic E-state index is 10.5. The molecule has 0 amide bonds. The monoisotopic (exact) mass is 168 g/mol. The molecule has 54 valence electrons. The summed E-state index contributed by atoms with van der Waals surface area (Å²) >= 11 is 0. The molecule has 0 saturated carbocycles. The molecule has 0 aromatic heterocycles. The van der Waals surface area contributed by atoms with Crippen molar-refractivity contribution in [3.63, 3.8) is 0 Å². The molecule has 1 aliphatic rings. The maximum absolute atomic E-state index is 10.5. The van der Waals surface area contributed by atoms with Gasteiger partial charge in [0.25, 0.3) is 0 Å². The highest BCUT2D eigenvalue weighted by Crippen LogP contribution is 2.64. The summed E-state index contributed by atoms with van der Waals surface area (Å²) in [5, 5.41) is 0. The fraction of sp³-hybridized carbons (Fsp3) is 0.750. The van der Waals surface area contributed by atoms with E-state index in [1.807, 2.05) is 5.80 Å². The fourth-order valence-corrected chi connectivity index (χ4v) is 5.20. The van der Waals surface area contributed by atoms with Crippen LogP contribution < -0.4 is 0 Å². The molecule has 0 spiro atoms. The summed E-state index contributed by atoms with van der Waals surface area (Å²) in [4.78, 5) is 17.3. The van der Waals surface area contributed by atoms with Crippen molar-refractivity contribution in [2.45, 2.75) is 12.8 Å². The van der Waals surface area contributed by atoms with Gasteiger partial charge in [-0.15, -0.1) is 0 Å². The van der Waals surface area contributed by atoms with Crippen LogP contribution in [0.3, 0.4) is 0 Å². The predicted octanol–water partition coefficient (Wildman–Crippen LogP) is 0.889. The zero-order chi connectivity index (χ0) is 6.91. The predicted molar refractivity (Wildman–Crippen MR) is 40.5 cm³/mol. The van der Waals surface area contributed by atoms with Gasteiger partial charge in [-0.2, -0.15) is 0 Å². The molecule has 1 rings (SSSR count). The summed E-state index contributed by atoms with van der Waals surface area (Å²) in [6.45, 7) is 0. The lowest BCUT2D eigenvalue weighted by atomic mass is 10.4. The molecule has 1 heterocycles. The molecule has 9 heavy (non-hydrogen) atoms. The van der Waals surface area contributed by atoms with Gasteiger partial charge in [0, 0.05) is 0 Å². The van der Waals surface area contributed by atoms with Crippen LogP contribution in [0.4, 0.5) is 0 Å². The van der Waals surface area contributed by atoms with E-state index in [0.29, 0.717) is 0 Å². The molecule has 0 fully saturated rings. The third-order valence-electron chi connectivity index (χ3n) is 1.39. The van der Waals surface area contributed by atoms with Crippen molar-refractivity contribution in [3.05, 3.63) is 0 Å². The molecular weight excluding hydrogens is 158 g/mol. The zero-order valence-electron chi connectivity index (χ0n) is 4.95. The Morgan fingerprint density at radius 3 is 2.44 bits per heavy atom. The third kappa shape index (κ3) is 1.94. The molecule has 0 aromatic rings. The van der Waals surface area contributed by atoms with E-state index in [0.717, 1.165) is 19.0 Å². The Balaban J connectivity index is 2.73. The quantitative estimate of drug-likeness (QED) is 0.571. The smallest absolute Gasteiger partial charge is 0.322 e. The summed E-state index contributed by atoms with van der Waals surface area (Å²) in [6, 6.07) is 0. The second-order valence-electron chi connectivity index (χ2n) is 2.13. The highest BCUT2D eigenvalue weighted by atomic mass is 32.1. The first kappa shape index (κ1) is 7.56. The highest BCUT2D eigenvalue weighted by Gasteiger charge is 2.20. The van der Waals surface area contributed by atoms with Crippen LogP contribution in [0.25, 0.3) is 0 Å². The van der Waals surface area contributed by atoms with Gasteiger partial charge in [0.2, 0.25) is 0 Å². The second-order valence-corrected chi connectivity index (χ2v) is 8.58. The van der Waals surface area contributed by atoms with Crippen LogP contribution in [0.2, 0.25) is 0 Å². The van der Waals surface area contributed by atoms with Crippen molar-refractivity contribution in [2.24, 2.45) is 0 Å². The lowest BCUT2D eigenvalue weighted by Gasteiger charge is -2.03. The van der Waals surface area contributed by atoms with Gasteiger partial charge in [-0.1, -0.05) is 5.80 Å². The normalized spacial score (nSPS) is 28.0. The first-order valence-corrected chi connectivity index (χ1v) is 7.10. The molecule has 0 radical (unpaired) electrons. The largest absolute Gasteiger partial charge is 0.340 e. The average Bonchev–Trinajstić information content (AvgIpc) is 2.08. The van der Waals surface area contributed by atoms with E-state index in [9.17, 15) is 4.57 Å². The van der Waals surface area contributed by atoms with Crippen LogP contribution in [0, 0.1) is 0 Å². The highest BCUT2D eigenvalue weighted by molar-refractivity contribution is 8.26. The van der Waals surface area contributed by atoms with Gasteiger partial charge >= 0.3 is 7.28 Å². The van der Waals surface area contributed by atoms with Crippen molar-refractivity contribution < 1.29 is 14.4 Å². The Labute approximate surface area is 54.5 Å². The van der Waals surface area contributed by atoms with E-state index < -0.39 is 14.5 Å². The molecule has 0 aliphatic carbocycles. The molecule has 0 aromatic carbocycles. The molecule has 1 unspecified atom stereocenters. The van der Waals surface area contributed by atoms with E-state index in [1.165, 1.54) is 0 Å². The number of rotatable bonds is 1. The summed E-state index contributed by atoms with van der Waals surface area (Å²) in [5.74, 6) is 1.82. The number of hydrogen-bond donors (Lipinski definition) is 2. The first-order chi connectivity index (χ1) is 4.11. The molecule has 1 aliphatic heterocycles. The van der Waals surface area contributed by atoms with Crippen LogP contribution in [0.15, 0.2) is 0 Å². The van der Waals surface area contributed by atoms with E-state index in [4.69, 9.17) is 9.79 Å². The summed E-state index contributed by atoms with van der Waals surface area (Å²) in [6.07, 6.45) is 2.63. The second kappa shape index (κ2) is 2.59. The molecule has 0 saturated heterocycles. The van der Waals surface area contributed by atoms with Crippen LogP contribution in [0.5, 0.6) is 0 Å². The van der Waals surface area contributed by atoms with Crippen molar-refractivity contribution in [3.8, 4) is 0 Å². The summed E-state index contributed by atoms with van der Waals surface area (Å²) < 4.78 is 10.5. The van der Waals surface area contributed by atoms with Crippen molar-refractivity contribution in [1.82, 2.24) is 0 Å². The van der Waals surface area contributed by atoms with Crippen LogP contribution in [0.1, 0.15) is 12.8 Å². The number of hydrogen-bond acceptors (Lipinski definition) is 1. The lowest BCUT2D eigenvalue weighted by Crippen LogP contribution is -1.71. The summed E-state index contributed by atoms with van der Waals surface area (Å²) in [7, 11) is -5.05. The van der Waals surface area contributed by atoms with E-state index in [2.05, 4.69) is 0 Å². The minimum atomic E-state index is -3.67.